The van der Waals surface area contributed by atoms with E-state index in [1.807, 2.05) is 24.3 Å². The third kappa shape index (κ3) is 5.50. The van der Waals surface area contributed by atoms with Crippen molar-refractivity contribution in [2.75, 3.05) is 5.33 Å². The van der Waals surface area contributed by atoms with Gasteiger partial charge < -0.3 is 4.42 Å². The molecule has 25 heavy (non-hydrogen) atoms. The smallest absolute Gasteiger partial charge is 0.372 e. The van der Waals surface area contributed by atoms with Crippen LogP contribution < -0.4 is 11.4 Å². The Bertz CT molecular complexity index is 951. The summed E-state index contributed by atoms with van der Waals surface area (Å²) in [5, 5.41) is 1.46. The summed E-state index contributed by atoms with van der Waals surface area (Å²) in [4.78, 5) is 27.7. The highest BCUT2D eigenvalue weighted by Gasteiger charge is 2.10. The zero-order valence-electron chi connectivity index (χ0n) is 13.7. The quantitative estimate of drug-likeness (QED) is 0.385. The van der Waals surface area contributed by atoms with Crippen LogP contribution in [0.2, 0.25) is 0 Å². The predicted molar refractivity (Wildman–Crippen MR) is 112 cm³/mol. The van der Waals surface area contributed by atoms with E-state index in [0.29, 0.717) is 17.6 Å². The van der Waals surface area contributed by atoms with Gasteiger partial charge in [-0.2, -0.15) is 0 Å². The van der Waals surface area contributed by atoms with E-state index in [1.165, 1.54) is 17.4 Å². The van der Waals surface area contributed by atoms with E-state index in [0.717, 1.165) is 14.5 Å². The Hall–Kier alpha value is -1.48. The molecule has 3 aromatic rings. The summed E-state index contributed by atoms with van der Waals surface area (Å²) in [5.41, 5.74) is 0.629. The zero-order chi connectivity index (χ0) is 18.2. The van der Waals surface area contributed by atoms with E-state index < -0.39 is 11.4 Å². The molecule has 7 heteroatoms. The summed E-state index contributed by atoms with van der Waals surface area (Å²) < 4.78 is 7.17. The second kappa shape index (κ2) is 9.86. The minimum atomic E-state index is -0.694. The topological polar surface area (TPSA) is 65.1 Å². The van der Waals surface area contributed by atoms with Crippen LogP contribution in [-0.2, 0) is 6.54 Å². The Balaban J connectivity index is 0.000000399. The highest BCUT2D eigenvalue weighted by atomic mass is 127. The molecule has 0 N–H and O–H groups in total. The number of fused-ring (bicyclic) bond motifs is 1. The second-order valence-electron chi connectivity index (χ2n) is 5.29. The van der Waals surface area contributed by atoms with Crippen LogP contribution in [0.5, 0.6) is 0 Å². The van der Waals surface area contributed by atoms with Gasteiger partial charge in [0, 0.05) is 15.1 Å². The van der Waals surface area contributed by atoms with Crippen LogP contribution in [0.3, 0.4) is 0 Å². The van der Waals surface area contributed by atoms with Crippen LogP contribution in [0.4, 0.5) is 0 Å². The first kappa shape index (κ1) is 19.8. The molecule has 2 heterocycles. The highest BCUT2D eigenvalue weighted by molar-refractivity contribution is 14.1. The number of hydrogen-bond donors (Lipinski definition) is 0. The Morgan fingerprint density at radius 3 is 2.68 bits per heavy atom. The van der Waals surface area contributed by atoms with Crippen molar-refractivity contribution in [1.82, 2.24) is 9.55 Å². The fourth-order valence-electron chi connectivity index (χ4n) is 2.14. The Morgan fingerprint density at radius 1 is 1.24 bits per heavy atom. The van der Waals surface area contributed by atoms with Crippen molar-refractivity contribution in [2.45, 2.75) is 26.3 Å². The number of benzene rings is 1. The van der Waals surface area contributed by atoms with Crippen molar-refractivity contribution in [1.29, 1.82) is 0 Å². The molecule has 0 spiro atoms. The van der Waals surface area contributed by atoms with Gasteiger partial charge in [0.1, 0.15) is 5.39 Å². The van der Waals surface area contributed by atoms with Crippen molar-refractivity contribution in [2.24, 2.45) is 0 Å². The van der Waals surface area contributed by atoms with Gasteiger partial charge in [-0.3, -0.25) is 4.57 Å². The van der Waals surface area contributed by atoms with Crippen LogP contribution in [0.15, 0.2) is 56.6 Å². The van der Waals surface area contributed by atoms with Crippen molar-refractivity contribution in [3.05, 3.63) is 72.7 Å². The molecule has 0 atom stereocenters. The molecule has 0 bridgehead atoms. The SMILES string of the molecule is CCCCBr.O=c1oc(=O)n(Cc2cccc(I)c2)c2ncccc12. The van der Waals surface area contributed by atoms with Crippen molar-refractivity contribution >= 4 is 49.6 Å². The summed E-state index contributed by atoms with van der Waals surface area (Å²) in [6.45, 7) is 2.49. The fraction of sp³-hybridized carbons (Fsp3) is 0.278. The van der Waals surface area contributed by atoms with Crippen LogP contribution in [0.25, 0.3) is 11.0 Å². The number of alkyl halides is 1. The first-order valence-electron chi connectivity index (χ1n) is 7.86. The van der Waals surface area contributed by atoms with Crippen LogP contribution >= 0.6 is 38.5 Å². The van der Waals surface area contributed by atoms with Gasteiger partial charge in [-0.25, -0.2) is 14.6 Å². The van der Waals surface area contributed by atoms with Gasteiger partial charge in [-0.1, -0.05) is 41.4 Å². The zero-order valence-corrected chi connectivity index (χ0v) is 17.5. The normalized spacial score (nSPS) is 10.4. The lowest BCUT2D eigenvalue weighted by molar-refractivity contribution is 0.423. The number of hydrogen-bond acceptors (Lipinski definition) is 4. The number of unbranched alkanes of at least 4 members (excludes halogenated alkanes) is 1. The molecule has 0 fully saturated rings. The molecule has 3 rings (SSSR count). The molecule has 0 aliphatic heterocycles. The van der Waals surface area contributed by atoms with Gasteiger partial charge in [0.2, 0.25) is 0 Å². The van der Waals surface area contributed by atoms with Crippen molar-refractivity contribution in [3.63, 3.8) is 0 Å². The van der Waals surface area contributed by atoms with Gasteiger partial charge in [-0.05, 0) is 58.8 Å². The summed E-state index contributed by atoms with van der Waals surface area (Å²) in [5.74, 6) is -0.694. The molecule has 5 nitrogen and oxygen atoms in total. The van der Waals surface area contributed by atoms with E-state index in [4.69, 9.17) is 4.42 Å². The lowest BCUT2D eigenvalue weighted by atomic mass is 10.2. The molecule has 0 unspecified atom stereocenters. The lowest BCUT2D eigenvalue weighted by Crippen LogP contribution is -2.26. The maximum atomic E-state index is 11.9. The van der Waals surface area contributed by atoms with E-state index in [9.17, 15) is 9.59 Å². The van der Waals surface area contributed by atoms with Gasteiger partial charge in [-0.15, -0.1) is 0 Å². The molecule has 2 aromatic heterocycles. The molecule has 1 aromatic carbocycles. The molecule has 0 saturated heterocycles. The number of halogens is 2. The number of rotatable bonds is 4. The largest absolute Gasteiger partial charge is 0.423 e. The van der Waals surface area contributed by atoms with Gasteiger partial charge in [0.25, 0.3) is 0 Å². The minimum Gasteiger partial charge on any atom is -0.372 e. The maximum absolute atomic E-state index is 11.9. The molecule has 0 radical (unpaired) electrons. The molecule has 0 amide bonds. The lowest BCUT2D eigenvalue weighted by Gasteiger charge is -2.07. The van der Waals surface area contributed by atoms with E-state index in [-0.39, 0.29) is 0 Å². The summed E-state index contributed by atoms with van der Waals surface area (Å²) in [7, 11) is 0. The Labute approximate surface area is 167 Å². The monoisotopic (exact) mass is 516 g/mol. The summed E-state index contributed by atoms with van der Waals surface area (Å²) in [6.07, 6.45) is 4.15. The second-order valence-corrected chi connectivity index (χ2v) is 7.33. The first-order chi connectivity index (χ1) is 12.1. The fourth-order valence-corrected chi connectivity index (χ4v) is 3.31. The molecular formula is C18H18BrIN2O3. The van der Waals surface area contributed by atoms with Crippen LogP contribution in [-0.4, -0.2) is 14.9 Å². The maximum Gasteiger partial charge on any atom is 0.423 e. The average Bonchev–Trinajstić information content (AvgIpc) is 2.60. The van der Waals surface area contributed by atoms with Gasteiger partial charge >= 0.3 is 11.4 Å². The van der Waals surface area contributed by atoms with Gasteiger partial charge in [0.05, 0.1) is 6.54 Å². The van der Waals surface area contributed by atoms with Crippen LogP contribution in [0, 0.1) is 3.57 Å². The number of nitrogens with zero attached hydrogens (tertiary/aromatic N) is 2. The molecule has 0 aliphatic rings. The first-order valence-corrected chi connectivity index (χ1v) is 10.1. The number of aromatic nitrogens is 2. The van der Waals surface area contributed by atoms with Crippen molar-refractivity contribution < 1.29 is 4.42 Å². The third-order valence-corrected chi connectivity index (χ3v) is 4.61. The van der Waals surface area contributed by atoms with Gasteiger partial charge in [0.15, 0.2) is 5.65 Å². The Kier molecular flexibility index (Phi) is 7.83. The van der Waals surface area contributed by atoms with E-state index in [2.05, 4.69) is 50.4 Å². The van der Waals surface area contributed by atoms with E-state index >= 15 is 0 Å². The van der Waals surface area contributed by atoms with Crippen LogP contribution in [0.1, 0.15) is 25.3 Å². The minimum absolute atomic E-state index is 0.303. The predicted octanol–water partition coefficient (Wildman–Crippen LogP) is 4.18. The summed E-state index contributed by atoms with van der Waals surface area (Å²) >= 11 is 5.51. The molecule has 132 valence electrons. The van der Waals surface area contributed by atoms with Crippen molar-refractivity contribution in [3.8, 4) is 0 Å². The summed E-state index contributed by atoms with van der Waals surface area (Å²) in [6, 6.07) is 11.0. The average molecular weight is 517 g/mol. The highest BCUT2D eigenvalue weighted by Crippen LogP contribution is 2.11. The Morgan fingerprint density at radius 2 is 2.04 bits per heavy atom. The van der Waals surface area contributed by atoms with E-state index in [1.54, 1.807) is 18.3 Å². The third-order valence-electron chi connectivity index (χ3n) is 3.38. The molecule has 0 aliphatic carbocycles. The standard InChI is InChI=1S/C14H9IN2O3.C4H9Br/c15-10-4-1-3-9(7-10)8-17-12-11(5-2-6-16-12)13(18)20-14(17)19;1-2-3-4-5/h1-7H,8H2;2-4H2,1H3. The molecule has 0 saturated carbocycles. The number of pyridine rings is 1. The molecular weight excluding hydrogens is 499 g/mol.